The van der Waals surface area contributed by atoms with Crippen molar-refractivity contribution in [3.05, 3.63) is 51.2 Å². The lowest BCUT2D eigenvalue weighted by Crippen LogP contribution is -2.45. The Morgan fingerprint density at radius 3 is 2.62 bits per heavy atom. The lowest BCUT2D eigenvalue weighted by molar-refractivity contribution is -0.133. The zero-order valence-electron chi connectivity index (χ0n) is 21.2. The molecule has 37 heavy (non-hydrogen) atoms. The Hall–Kier alpha value is -2.30. The lowest BCUT2D eigenvalue weighted by Gasteiger charge is -2.38. The van der Waals surface area contributed by atoms with Crippen LogP contribution < -0.4 is 10.1 Å². The second kappa shape index (κ2) is 11.2. The summed E-state index contributed by atoms with van der Waals surface area (Å²) in [5.41, 5.74) is -0.758. The summed E-state index contributed by atoms with van der Waals surface area (Å²) < 4.78 is 26.4. The van der Waals surface area contributed by atoms with Crippen LogP contribution in [0.4, 0.5) is 4.39 Å². The maximum Gasteiger partial charge on any atom is 0.233 e. The van der Waals surface area contributed by atoms with Crippen LogP contribution in [0.15, 0.2) is 29.0 Å². The number of hydrogen-bond donors (Lipinski definition) is 1. The van der Waals surface area contributed by atoms with E-state index in [1.165, 1.54) is 13.2 Å². The molecule has 2 amide bonds. The van der Waals surface area contributed by atoms with Crippen molar-refractivity contribution in [1.29, 1.82) is 0 Å². The minimum atomic E-state index is -0.881. The first-order valence-electron chi connectivity index (χ1n) is 12.2. The summed E-state index contributed by atoms with van der Waals surface area (Å²) in [4.78, 5) is 36.1. The number of hydrogen-bond acceptors (Lipinski definition) is 6. The van der Waals surface area contributed by atoms with E-state index in [4.69, 9.17) is 21.1 Å². The van der Waals surface area contributed by atoms with E-state index in [0.29, 0.717) is 32.1 Å². The molecule has 2 saturated heterocycles. The molecule has 0 saturated carbocycles. The van der Waals surface area contributed by atoms with Crippen LogP contribution in [0.2, 0.25) is 5.02 Å². The van der Waals surface area contributed by atoms with Gasteiger partial charge < -0.3 is 19.7 Å². The number of carbonyl (C=O) groups excluding carboxylic acids is 2. The molecule has 0 bridgehead atoms. The molecule has 3 heterocycles. The van der Waals surface area contributed by atoms with Crippen molar-refractivity contribution in [2.75, 3.05) is 33.4 Å². The Kier molecular flexibility index (Phi) is 8.40. The number of aromatic nitrogens is 2. The van der Waals surface area contributed by atoms with E-state index in [9.17, 15) is 14.0 Å². The number of amides is 2. The second-order valence-corrected chi connectivity index (χ2v) is 11.6. The maximum atomic E-state index is 14.6. The van der Waals surface area contributed by atoms with Crippen LogP contribution in [-0.2, 0) is 26.2 Å². The van der Waals surface area contributed by atoms with Crippen LogP contribution >= 0.6 is 27.5 Å². The lowest BCUT2D eigenvalue weighted by atomic mass is 9.76. The molecule has 2 aliphatic rings. The number of nitrogens with one attached hydrogen (secondary N) is 1. The number of likely N-dealkylation sites (tertiary alicyclic amines) is 1. The Morgan fingerprint density at radius 1 is 1.30 bits per heavy atom. The number of rotatable bonds is 7. The van der Waals surface area contributed by atoms with Crippen LogP contribution in [0.3, 0.4) is 0 Å². The summed E-state index contributed by atoms with van der Waals surface area (Å²) in [6.45, 7) is 5.71. The topological polar surface area (TPSA) is 93.7 Å². The van der Waals surface area contributed by atoms with Gasteiger partial charge in [-0.15, -0.1) is 0 Å². The smallest absolute Gasteiger partial charge is 0.233 e. The molecular weight excluding hydrogens is 567 g/mol. The van der Waals surface area contributed by atoms with Crippen LogP contribution in [0, 0.1) is 11.2 Å². The summed E-state index contributed by atoms with van der Waals surface area (Å²) in [6, 6.07) is 2.99. The van der Waals surface area contributed by atoms with Crippen molar-refractivity contribution in [2.45, 2.75) is 51.0 Å². The van der Waals surface area contributed by atoms with Gasteiger partial charge in [0.1, 0.15) is 11.2 Å². The van der Waals surface area contributed by atoms with Crippen LogP contribution in [0.25, 0.3) is 0 Å². The minimum Gasteiger partial charge on any atom is -0.494 e. The fourth-order valence-electron chi connectivity index (χ4n) is 4.93. The van der Waals surface area contributed by atoms with Crippen molar-refractivity contribution in [2.24, 2.45) is 5.41 Å². The third-order valence-corrected chi connectivity index (χ3v) is 8.16. The normalized spacial score (nSPS) is 19.2. The Morgan fingerprint density at radius 2 is 1.97 bits per heavy atom. The first kappa shape index (κ1) is 27.7. The van der Waals surface area contributed by atoms with Crippen LogP contribution in [-0.4, -0.2) is 66.1 Å². The van der Waals surface area contributed by atoms with Gasteiger partial charge in [-0.05, 0) is 66.6 Å². The van der Waals surface area contributed by atoms with Gasteiger partial charge in [0.15, 0.2) is 11.6 Å². The van der Waals surface area contributed by atoms with E-state index in [1.807, 2.05) is 0 Å². The molecule has 0 radical (unpaired) electrons. The zero-order valence-corrected chi connectivity index (χ0v) is 23.5. The van der Waals surface area contributed by atoms with Gasteiger partial charge in [-0.3, -0.25) is 9.59 Å². The molecule has 1 spiro atoms. The molecule has 1 aromatic heterocycles. The first-order chi connectivity index (χ1) is 17.5. The molecule has 1 atom stereocenters. The summed E-state index contributed by atoms with van der Waals surface area (Å²) >= 11 is 9.46. The highest BCUT2D eigenvalue weighted by molar-refractivity contribution is 9.10. The van der Waals surface area contributed by atoms with E-state index in [0.717, 1.165) is 23.7 Å². The Balaban J connectivity index is 1.27. The molecule has 11 heteroatoms. The molecular formula is C26H31BrClFN4O4. The monoisotopic (exact) mass is 596 g/mol. The molecule has 2 fully saturated rings. The SMILES string of the molecule is COc1ccc(Cl)c(CC(=O)N2CCC3(CC2)COC(CNC(=O)C(C)(C)c2ncc(Br)cn2)C3)c1F. The number of piperidine rings is 1. The predicted molar refractivity (Wildman–Crippen MR) is 140 cm³/mol. The largest absolute Gasteiger partial charge is 0.494 e. The molecule has 8 nitrogen and oxygen atoms in total. The third kappa shape index (κ3) is 6.07. The van der Waals surface area contributed by atoms with Crippen molar-refractivity contribution in [3.63, 3.8) is 0 Å². The van der Waals surface area contributed by atoms with Crippen molar-refractivity contribution in [1.82, 2.24) is 20.2 Å². The third-order valence-electron chi connectivity index (χ3n) is 7.40. The fourth-order valence-corrected chi connectivity index (χ4v) is 5.35. The molecule has 1 aromatic carbocycles. The van der Waals surface area contributed by atoms with E-state index >= 15 is 0 Å². The summed E-state index contributed by atoms with van der Waals surface area (Å²) in [5, 5.41) is 3.21. The molecule has 1 N–H and O–H groups in total. The molecule has 1 unspecified atom stereocenters. The number of carbonyl (C=O) groups is 2. The van der Waals surface area contributed by atoms with Crippen molar-refractivity contribution < 1.29 is 23.5 Å². The second-order valence-electron chi connectivity index (χ2n) is 10.3. The minimum absolute atomic E-state index is 0.0324. The molecule has 0 aliphatic carbocycles. The molecule has 200 valence electrons. The number of benzene rings is 1. The average Bonchev–Trinajstić information content (AvgIpc) is 3.27. The first-order valence-corrected chi connectivity index (χ1v) is 13.4. The highest BCUT2D eigenvalue weighted by Gasteiger charge is 2.43. The molecule has 4 rings (SSSR count). The molecule has 2 aromatic rings. The van der Waals surface area contributed by atoms with Gasteiger partial charge in [0.05, 0.1) is 30.7 Å². The van der Waals surface area contributed by atoms with Gasteiger partial charge in [0, 0.05) is 42.6 Å². The van der Waals surface area contributed by atoms with Gasteiger partial charge in [0.2, 0.25) is 11.8 Å². The predicted octanol–water partition coefficient (Wildman–Crippen LogP) is 4.07. The quantitative estimate of drug-likeness (QED) is 0.517. The highest BCUT2D eigenvalue weighted by Crippen LogP contribution is 2.42. The van der Waals surface area contributed by atoms with Gasteiger partial charge >= 0.3 is 0 Å². The summed E-state index contributed by atoms with van der Waals surface area (Å²) in [5.74, 6) is -0.406. The number of nitrogens with zero attached hydrogens (tertiary/aromatic N) is 3. The maximum absolute atomic E-state index is 14.6. The van der Waals surface area contributed by atoms with Crippen LogP contribution in [0.1, 0.15) is 44.5 Å². The van der Waals surface area contributed by atoms with Crippen molar-refractivity contribution in [3.8, 4) is 5.75 Å². The van der Waals surface area contributed by atoms with Gasteiger partial charge in [-0.2, -0.15) is 0 Å². The van der Waals surface area contributed by atoms with E-state index in [-0.39, 0.29) is 46.1 Å². The zero-order chi connectivity index (χ0) is 26.8. The summed E-state index contributed by atoms with van der Waals surface area (Å²) in [6.07, 6.45) is 5.42. The van der Waals surface area contributed by atoms with E-state index in [1.54, 1.807) is 37.2 Å². The highest BCUT2D eigenvalue weighted by atomic mass is 79.9. The average molecular weight is 598 g/mol. The van der Waals surface area contributed by atoms with Crippen molar-refractivity contribution >= 4 is 39.3 Å². The summed E-state index contributed by atoms with van der Waals surface area (Å²) in [7, 11) is 1.38. The van der Waals surface area contributed by atoms with Gasteiger partial charge in [-0.25, -0.2) is 14.4 Å². The Bertz CT molecular complexity index is 1160. The molecule has 2 aliphatic heterocycles. The fraction of sp³-hybridized carbons (Fsp3) is 0.538. The van der Waals surface area contributed by atoms with Gasteiger partial charge in [-0.1, -0.05) is 11.6 Å². The number of ether oxygens (including phenoxy) is 2. The standard InChI is InChI=1S/C26H31BrClFN4O4/c1-25(2,23-30-12-16(27)13-31-23)24(35)32-14-17-11-26(15-37-17)6-8-33(9-7-26)21(34)10-18-19(28)4-5-20(36-3)22(18)29/h4-5,12-13,17H,6-11,14-15H2,1-3H3,(H,32,35). The number of halogens is 3. The van der Waals surface area contributed by atoms with Crippen LogP contribution in [0.5, 0.6) is 5.75 Å². The number of methoxy groups -OCH3 is 1. The van der Waals surface area contributed by atoms with E-state index < -0.39 is 11.2 Å². The van der Waals surface area contributed by atoms with E-state index in [2.05, 4.69) is 31.2 Å². The Labute approximate surface area is 229 Å². The van der Waals surface area contributed by atoms with Gasteiger partial charge in [0.25, 0.3) is 0 Å².